The van der Waals surface area contributed by atoms with Gasteiger partial charge in [-0.2, -0.15) is 0 Å². The number of nitrogens with zero attached hydrogens (tertiary/aromatic N) is 5. The number of aromatic nitrogens is 3. The monoisotopic (exact) mass is 1550 g/mol. The zero-order valence-electron chi connectivity index (χ0n) is 63.3. The Bertz CT molecular complexity index is 4070. The summed E-state index contributed by atoms with van der Waals surface area (Å²) in [6, 6.07) is 20.9. The number of unbranched alkanes of at least 4 members (excludes halogenated alkanes) is 2. The van der Waals surface area contributed by atoms with E-state index in [1.165, 1.54) is 31.1 Å². The second kappa shape index (κ2) is 45.8. The molecule has 18 N–H and O–H groups in total. The number of pyridine rings is 3. The summed E-state index contributed by atoms with van der Waals surface area (Å²) in [5.41, 5.74) is 20.1. The smallest absolute Gasteiger partial charge is 0.245 e. The molecule has 596 valence electrons. The van der Waals surface area contributed by atoms with Crippen molar-refractivity contribution in [3.8, 4) is 0 Å². The van der Waals surface area contributed by atoms with E-state index >= 15 is 9.59 Å². The van der Waals surface area contributed by atoms with E-state index in [1.54, 1.807) is 60.9 Å². The van der Waals surface area contributed by atoms with Gasteiger partial charge in [-0.25, -0.2) is 0 Å². The maximum absolute atomic E-state index is 15.2. The van der Waals surface area contributed by atoms with Gasteiger partial charge in [0, 0.05) is 82.2 Å². The SMILES string of the molecule is CC(=O)N[C@H](Cc1ccc2ccccc2c1)C(=O)N[C@H](Cc1ccc(Cl)cc1)C(=O)N[C@H](Cc1cccnc1)C(=O)N[C@@H](CO)C(=O)N[C@@H](CCCCNCc1ccccn1)C(=O)N[C@@H](CCCCNCc1ccccn1)C(=O)N[C@@H](CCCN=C(N)N)C(=O)N[C@@H](CC(C)C)C(=O)N1CCC[C@@H]1C(=O)N[C@H](C)C(N)=O. The highest BCUT2D eigenvalue weighted by atomic mass is 35.5. The van der Waals surface area contributed by atoms with Gasteiger partial charge in [-0.3, -0.25) is 72.7 Å². The number of amides is 11. The molecule has 3 aromatic carbocycles. The second-order valence-corrected chi connectivity index (χ2v) is 28.5. The van der Waals surface area contributed by atoms with Crippen molar-refractivity contribution in [3.63, 3.8) is 0 Å². The molecule has 6 aromatic rings. The number of rotatable bonds is 46. The Morgan fingerprint density at radius 2 is 1.01 bits per heavy atom. The number of aliphatic hydroxyl groups excluding tert-OH is 1. The third-order valence-corrected chi connectivity index (χ3v) is 18.8. The standard InChI is InChI=1S/C79H106ClN19O12/c1-49(2)40-66(78(111)99-39-17-26-68(99)77(110)90-50(3)69(81)102)97-72(105)62(25-16-38-89-79(82)83)93-70(103)60(23-9-11-33-85-46-58-21-7-13-36-87-58)92-71(104)61(24-10-12-34-86-47-59-22-8-14-37-88-59)94-76(109)67(48-100)98-75(108)65(44-54-18-15-35-84-45-54)96-74(107)64(42-52-28-31-57(80)32-29-52)95-73(106)63(91-51(4)101)43-53-27-30-55-19-5-6-20-56(55)41-53/h5-8,13-15,18-22,27-32,35-37,41,45,49-50,60-68,85-86,100H,9-12,16-17,23-26,33-34,38-40,42-44,46-48H2,1-4H3,(H2,81,102)(H,90,110)(H,91,101)(H,92,104)(H,93,103)(H,94,109)(H,95,106)(H,96,107)(H,97,105)(H,98,108)(H4,82,83,89)/t50-,60+,61+,62+,63-,64-,65-,66+,67+,68-/m1/s1. The lowest BCUT2D eigenvalue weighted by Crippen LogP contribution is -2.61. The Hall–Kier alpha value is -11.0. The van der Waals surface area contributed by atoms with Crippen LogP contribution in [0.1, 0.15) is 126 Å². The van der Waals surface area contributed by atoms with Crippen LogP contribution in [0.5, 0.6) is 0 Å². The van der Waals surface area contributed by atoms with Crippen molar-refractivity contribution < 1.29 is 57.8 Å². The highest BCUT2D eigenvalue weighted by Crippen LogP contribution is 2.23. The molecule has 7 rings (SSSR count). The molecule has 31 nitrogen and oxygen atoms in total. The van der Waals surface area contributed by atoms with Crippen LogP contribution < -0.4 is 75.7 Å². The van der Waals surface area contributed by atoms with Crippen molar-refractivity contribution in [1.82, 2.24) is 78.3 Å². The van der Waals surface area contributed by atoms with Gasteiger partial charge in [0.15, 0.2) is 5.96 Å². The lowest BCUT2D eigenvalue weighted by atomic mass is 9.99. The third kappa shape index (κ3) is 30.1. The number of guanidine groups is 1. The summed E-state index contributed by atoms with van der Waals surface area (Å²) >= 11 is 6.27. The molecule has 0 saturated carbocycles. The minimum absolute atomic E-state index is 0.00462. The molecule has 4 heterocycles. The Labute approximate surface area is 651 Å². The van der Waals surface area contributed by atoms with Gasteiger partial charge in [-0.15, -0.1) is 0 Å². The largest absolute Gasteiger partial charge is 0.394 e. The van der Waals surface area contributed by atoms with Crippen LogP contribution in [0.15, 0.2) is 145 Å². The molecule has 0 unspecified atom stereocenters. The van der Waals surface area contributed by atoms with E-state index in [9.17, 15) is 48.3 Å². The predicted molar refractivity (Wildman–Crippen MR) is 419 cm³/mol. The number of primary amides is 1. The number of nitrogens with two attached hydrogens (primary N) is 3. The van der Waals surface area contributed by atoms with Crippen molar-refractivity contribution in [2.75, 3.05) is 32.8 Å². The molecule has 3 aromatic heterocycles. The quantitative estimate of drug-likeness (QED) is 0.0147. The summed E-state index contributed by atoms with van der Waals surface area (Å²) in [6.45, 7) is 7.36. The van der Waals surface area contributed by atoms with Gasteiger partial charge in [0.2, 0.25) is 65.0 Å². The Kier molecular flexibility index (Phi) is 36.0. The maximum atomic E-state index is 15.2. The van der Waals surface area contributed by atoms with Crippen LogP contribution >= 0.6 is 11.6 Å². The van der Waals surface area contributed by atoms with Crippen LogP contribution in [0.2, 0.25) is 5.02 Å². The average Bonchev–Trinajstić information content (AvgIpc) is 1.75. The lowest BCUT2D eigenvalue weighted by molar-refractivity contribution is -0.142. The molecule has 32 heteroatoms. The molecule has 1 aliphatic rings. The number of carbonyl (C=O) groups is 11. The van der Waals surface area contributed by atoms with Crippen molar-refractivity contribution in [1.29, 1.82) is 0 Å². The molecule has 11 amide bonds. The molecule has 0 radical (unpaired) electrons. The van der Waals surface area contributed by atoms with Crippen molar-refractivity contribution in [2.24, 2.45) is 28.1 Å². The van der Waals surface area contributed by atoms with Crippen molar-refractivity contribution >= 4 is 93.3 Å². The fraction of sp³-hybridized carbons (Fsp3) is 0.456. The van der Waals surface area contributed by atoms with Gasteiger partial charge < -0.3 is 85.7 Å². The number of aliphatic hydroxyl groups is 1. The number of nitrogens with one attached hydrogen (secondary N) is 11. The fourth-order valence-corrected chi connectivity index (χ4v) is 12.8. The van der Waals surface area contributed by atoms with Gasteiger partial charge in [-0.1, -0.05) is 98.2 Å². The molecule has 0 bridgehead atoms. The minimum Gasteiger partial charge on any atom is -0.394 e. The van der Waals surface area contributed by atoms with Gasteiger partial charge in [-0.05, 0) is 166 Å². The first kappa shape index (κ1) is 87.2. The van der Waals surface area contributed by atoms with Crippen LogP contribution in [0.3, 0.4) is 0 Å². The first-order valence-corrected chi connectivity index (χ1v) is 38.0. The van der Waals surface area contributed by atoms with E-state index in [4.69, 9.17) is 28.8 Å². The van der Waals surface area contributed by atoms with Gasteiger partial charge in [0.1, 0.15) is 60.4 Å². The molecule has 1 aliphatic heterocycles. The Morgan fingerprint density at radius 1 is 0.523 bits per heavy atom. The number of fused-ring (bicyclic) bond motifs is 1. The zero-order valence-corrected chi connectivity index (χ0v) is 64.0. The molecule has 1 fully saturated rings. The third-order valence-electron chi connectivity index (χ3n) is 18.6. The van der Waals surface area contributed by atoms with Crippen molar-refractivity contribution in [3.05, 3.63) is 173 Å². The molecule has 0 spiro atoms. The Morgan fingerprint density at radius 3 is 1.52 bits per heavy atom. The number of hydrogen-bond donors (Lipinski definition) is 15. The molecular formula is C79H106ClN19O12. The van der Waals surface area contributed by atoms with Crippen LogP contribution in [0, 0.1) is 5.92 Å². The average molecular weight is 1550 g/mol. The molecule has 1 saturated heterocycles. The van der Waals surface area contributed by atoms with Gasteiger partial charge in [0.05, 0.1) is 18.0 Å². The van der Waals surface area contributed by atoms with Crippen molar-refractivity contribution in [2.45, 2.75) is 191 Å². The number of hydrogen-bond acceptors (Lipinski definition) is 18. The van der Waals surface area contributed by atoms with E-state index < -0.39 is 132 Å². The van der Waals surface area contributed by atoms with Crippen LogP contribution in [-0.2, 0) is 85.1 Å². The topological polar surface area (TPSA) is 473 Å². The maximum Gasteiger partial charge on any atom is 0.245 e. The zero-order chi connectivity index (χ0) is 80.2. The molecule has 111 heavy (non-hydrogen) atoms. The number of halogens is 1. The summed E-state index contributed by atoms with van der Waals surface area (Å²) < 4.78 is 0. The minimum atomic E-state index is -1.78. The summed E-state index contributed by atoms with van der Waals surface area (Å²) in [7, 11) is 0. The molecule has 0 aliphatic carbocycles. The summed E-state index contributed by atoms with van der Waals surface area (Å²) in [5, 5.41) is 44.6. The number of carbonyl (C=O) groups excluding carboxylic acids is 11. The highest BCUT2D eigenvalue weighted by molar-refractivity contribution is 6.30. The molecule has 10 atom stereocenters. The molecular weight excluding hydrogens is 1440 g/mol. The van der Waals surface area contributed by atoms with Crippen LogP contribution in [0.4, 0.5) is 0 Å². The van der Waals surface area contributed by atoms with Crippen LogP contribution in [0.25, 0.3) is 10.8 Å². The number of aliphatic imine (C=N–C) groups is 1. The summed E-state index contributed by atoms with van der Waals surface area (Å²) in [6.07, 6.45) is 8.47. The second-order valence-electron chi connectivity index (χ2n) is 28.0. The summed E-state index contributed by atoms with van der Waals surface area (Å²) in [4.78, 5) is 175. The number of likely N-dealkylation sites (tertiary alicyclic amines) is 1. The highest BCUT2D eigenvalue weighted by Gasteiger charge is 2.40. The Balaban J connectivity index is 1.15. The van der Waals surface area contributed by atoms with Gasteiger partial charge in [0.25, 0.3) is 0 Å². The van der Waals surface area contributed by atoms with Crippen LogP contribution in [-0.4, -0.2) is 189 Å². The van der Waals surface area contributed by atoms with Gasteiger partial charge >= 0.3 is 0 Å². The fourth-order valence-electron chi connectivity index (χ4n) is 12.7. The van der Waals surface area contributed by atoms with E-state index in [1.807, 2.05) is 80.6 Å². The first-order chi connectivity index (χ1) is 53.3. The van der Waals surface area contributed by atoms with E-state index in [0.717, 1.165) is 27.7 Å². The van der Waals surface area contributed by atoms with E-state index in [0.29, 0.717) is 74.4 Å². The number of benzene rings is 3. The normalized spacial score (nSPS) is 15.0. The first-order valence-electron chi connectivity index (χ1n) is 37.6. The van der Waals surface area contributed by atoms with E-state index in [2.05, 4.69) is 78.4 Å². The van der Waals surface area contributed by atoms with E-state index in [-0.39, 0.29) is 82.8 Å². The predicted octanol–water partition coefficient (Wildman–Crippen LogP) is 1.60. The lowest BCUT2D eigenvalue weighted by Gasteiger charge is -2.31. The summed E-state index contributed by atoms with van der Waals surface area (Å²) in [5.74, 6) is -8.81.